The lowest BCUT2D eigenvalue weighted by Crippen LogP contribution is -2.69. The maximum atomic E-state index is 13.9. The van der Waals surface area contributed by atoms with E-state index < -0.39 is 45.3 Å². The molecule has 0 amide bonds. The zero-order valence-electron chi connectivity index (χ0n) is 13.9. The number of halogens is 3. The maximum absolute atomic E-state index is 13.9. The number of aromatic nitrogens is 2. The van der Waals surface area contributed by atoms with Gasteiger partial charge >= 0.3 is 17.8 Å². The topological polar surface area (TPSA) is 110 Å². The molecule has 27 heavy (non-hydrogen) atoms. The van der Waals surface area contributed by atoms with Gasteiger partial charge in [0.15, 0.2) is 0 Å². The van der Waals surface area contributed by atoms with E-state index >= 15 is 0 Å². The Hall–Kier alpha value is -2.73. The monoisotopic (exact) mass is 404 g/mol. The van der Waals surface area contributed by atoms with Gasteiger partial charge in [-0.3, -0.25) is 0 Å². The summed E-state index contributed by atoms with van der Waals surface area (Å²) in [5.41, 5.74) is -3.83. The van der Waals surface area contributed by atoms with Gasteiger partial charge in [0.05, 0.1) is 11.5 Å². The summed E-state index contributed by atoms with van der Waals surface area (Å²) >= 11 is 0. The van der Waals surface area contributed by atoms with Crippen LogP contribution < -0.4 is 10.0 Å². The summed E-state index contributed by atoms with van der Waals surface area (Å²) in [4.78, 5) is 18.9. The van der Waals surface area contributed by atoms with Gasteiger partial charge in [-0.25, -0.2) is 23.2 Å². The molecule has 2 N–H and O–H groups in total. The number of carbonyl (C=O) groups is 1. The van der Waals surface area contributed by atoms with Gasteiger partial charge in [-0.1, -0.05) is 18.2 Å². The Morgan fingerprint density at radius 3 is 2.22 bits per heavy atom. The first kappa shape index (κ1) is 20.6. The van der Waals surface area contributed by atoms with Crippen LogP contribution >= 0.6 is 0 Å². The summed E-state index contributed by atoms with van der Waals surface area (Å²) in [7, 11) is -4.77. The van der Waals surface area contributed by atoms with Crippen molar-refractivity contribution in [1.82, 2.24) is 14.7 Å². The number of hydrogen-bond acceptors (Lipinski definition) is 7. The number of carbonyl (C=O) groups excluding carboxylic acids is 1. The molecule has 1 aromatic carbocycles. The third-order valence-electron chi connectivity index (χ3n) is 3.21. The second-order valence-electron chi connectivity index (χ2n) is 5.08. The van der Waals surface area contributed by atoms with Crippen molar-refractivity contribution in [2.75, 3.05) is 11.9 Å². The minimum Gasteiger partial charge on any atom is -0.463 e. The van der Waals surface area contributed by atoms with Gasteiger partial charge in [-0.2, -0.15) is 17.9 Å². The molecule has 8 nitrogen and oxygen atoms in total. The lowest BCUT2D eigenvalue weighted by atomic mass is 10.1. The quantitative estimate of drug-likeness (QED) is 0.534. The lowest BCUT2D eigenvalue weighted by Gasteiger charge is -2.34. The molecule has 0 bridgehead atoms. The van der Waals surface area contributed by atoms with E-state index in [9.17, 15) is 26.4 Å². The minimum absolute atomic E-state index is 0.416. The van der Waals surface area contributed by atoms with Gasteiger partial charge in [0, 0.05) is 12.4 Å². The largest absolute Gasteiger partial charge is 0.463 e. The Labute approximate surface area is 152 Å². The first-order valence-corrected chi connectivity index (χ1v) is 8.99. The summed E-state index contributed by atoms with van der Waals surface area (Å²) in [6.45, 7) is 0.866. The van der Waals surface area contributed by atoms with Crippen molar-refractivity contribution in [3.63, 3.8) is 0 Å². The molecule has 0 saturated heterocycles. The molecular weight excluding hydrogens is 389 g/mol. The Bertz CT molecular complexity index is 879. The maximum Gasteiger partial charge on any atom is 0.437 e. The second kappa shape index (κ2) is 7.88. The summed E-state index contributed by atoms with van der Waals surface area (Å²) in [5.74, 6) is -2.52. The average molecular weight is 404 g/mol. The molecule has 12 heteroatoms. The van der Waals surface area contributed by atoms with Crippen molar-refractivity contribution in [3.05, 3.63) is 48.8 Å². The molecule has 0 radical (unpaired) electrons. The van der Waals surface area contributed by atoms with Crippen LogP contribution in [0.25, 0.3) is 0 Å². The molecule has 1 aromatic heterocycles. The highest BCUT2D eigenvalue weighted by Crippen LogP contribution is 2.33. The zero-order chi connectivity index (χ0) is 20.1. The predicted octanol–water partition coefficient (Wildman–Crippen LogP) is 1.69. The summed E-state index contributed by atoms with van der Waals surface area (Å²) in [6.07, 6.45) is -3.19. The van der Waals surface area contributed by atoms with Crippen LogP contribution in [0.3, 0.4) is 0 Å². The van der Waals surface area contributed by atoms with Crippen LogP contribution in [-0.4, -0.2) is 42.8 Å². The summed E-state index contributed by atoms with van der Waals surface area (Å²) < 4.78 is 72.7. The number of sulfonamides is 1. The zero-order valence-corrected chi connectivity index (χ0v) is 14.7. The Balaban J connectivity index is 2.58. The van der Waals surface area contributed by atoms with Crippen LogP contribution in [0.1, 0.15) is 6.92 Å². The van der Waals surface area contributed by atoms with Crippen LogP contribution in [0.4, 0.5) is 19.1 Å². The molecule has 1 heterocycles. The molecule has 146 valence electrons. The molecule has 0 aliphatic heterocycles. The second-order valence-corrected chi connectivity index (χ2v) is 6.77. The first-order valence-electron chi connectivity index (χ1n) is 7.50. The van der Waals surface area contributed by atoms with E-state index in [0.717, 1.165) is 24.5 Å². The van der Waals surface area contributed by atoms with Gasteiger partial charge in [0.25, 0.3) is 0 Å². The fourth-order valence-electron chi connectivity index (χ4n) is 1.99. The molecule has 0 aliphatic rings. The molecule has 1 unspecified atom stereocenters. The number of alkyl halides is 3. The standard InChI is InChI=1S/C15H15F3N4O4S/c1-2-26-12(23)14(15(16,17)18,21-13-19-9-6-10-20-13)22-27(24,25)11-7-4-3-5-8-11/h3-10,22H,2H2,1H3,(H,19,20,21). The normalized spacial score (nSPS) is 14.2. The number of esters is 1. The van der Waals surface area contributed by atoms with Gasteiger partial charge in [0.2, 0.25) is 16.0 Å². The van der Waals surface area contributed by atoms with Gasteiger partial charge in [-0.15, -0.1) is 0 Å². The molecule has 0 saturated carbocycles. The molecule has 1 atom stereocenters. The fourth-order valence-corrected chi connectivity index (χ4v) is 3.28. The smallest absolute Gasteiger partial charge is 0.437 e. The SMILES string of the molecule is CCOC(=O)C(Nc1ncccn1)(NS(=O)(=O)c1ccccc1)C(F)(F)F. The molecule has 0 fully saturated rings. The van der Waals surface area contributed by atoms with Crippen LogP contribution in [0.15, 0.2) is 53.7 Å². The van der Waals surface area contributed by atoms with Gasteiger partial charge < -0.3 is 10.1 Å². The van der Waals surface area contributed by atoms with E-state index in [1.807, 2.05) is 0 Å². The number of ether oxygens (including phenoxy) is 1. The van der Waals surface area contributed by atoms with Crippen LogP contribution in [0, 0.1) is 0 Å². The van der Waals surface area contributed by atoms with Crippen LogP contribution in [-0.2, 0) is 19.6 Å². The van der Waals surface area contributed by atoms with E-state index in [0.29, 0.717) is 0 Å². The van der Waals surface area contributed by atoms with E-state index in [-0.39, 0.29) is 0 Å². The molecule has 0 aliphatic carbocycles. The first-order chi connectivity index (χ1) is 12.6. The number of nitrogens with one attached hydrogen (secondary N) is 2. The highest BCUT2D eigenvalue weighted by molar-refractivity contribution is 7.89. The van der Waals surface area contributed by atoms with Crippen molar-refractivity contribution < 1.29 is 31.1 Å². The Morgan fingerprint density at radius 1 is 1.11 bits per heavy atom. The number of nitrogens with zero attached hydrogens (tertiary/aromatic N) is 2. The Kier molecular flexibility index (Phi) is 6.01. The van der Waals surface area contributed by atoms with Crippen LogP contribution in [0.2, 0.25) is 0 Å². The number of rotatable bonds is 7. The third-order valence-corrected chi connectivity index (χ3v) is 4.68. The highest BCUT2D eigenvalue weighted by atomic mass is 32.2. The molecule has 0 spiro atoms. The van der Waals surface area contributed by atoms with Gasteiger partial charge in [0.1, 0.15) is 0 Å². The van der Waals surface area contributed by atoms with Crippen LogP contribution in [0.5, 0.6) is 0 Å². The van der Waals surface area contributed by atoms with Crippen molar-refractivity contribution in [2.24, 2.45) is 0 Å². The van der Waals surface area contributed by atoms with E-state index in [4.69, 9.17) is 0 Å². The summed E-state index contributed by atoms with van der Waals surface area (Å²) in [5, 5.41) is 1.73. The predicted molar refractivity (Wildman–Crippen MR) is 87.8 cm³/mol. The van der Waals surface area contributed by atoms with E-state index in [1.165, 1.54) is 35.9 Å². The lowest BCUT2D eigenvalue weighted by molar-refractivity contribution is -0.203. The number of hydrogen-bond donors (Lipinski definition) is 2. The molecular formula is C15H15F3N4O4S. The fraction of sp³-hybridized carbons (Fsp3) is 0.267. The molecule has 2 rings (SSSR count). The Morgan fingerprint density at radius 2 is 1.70 bits per heavy atom. The number of anilines is 1. The van der Waals surface area contributed by atoms with Crippen molar-refractivity contribution in [3.8, 4) is 0 Å². The van der Waals surface area contributed by atoms with E-state index in [2.05, 4.69) is 14.7 Å². The van der Waals surface area contributed by atoms with Crippen molar-refractivity contribution >= 4 is 21.9 Å². The third kappa shape index (κ3) is 4.52. The van der Waals surface area contributed by atoms with Crippen molar-refractivity contribution in [1.29, 1.82) is 0 Å². The number of benzene rings is 1. The van der Waals surface area contributed by atoms with Crippen molar-refractivity contribution in [2.45, 2.75) is 23.7 Å². The highest BCUT2D eigenvalue weighted by Gasteiger charge is 2.65. The average Bonchev–Trinajstić information content (AvgIpc) is 2.62. The molecule has 2 aromatic rings. The summed E-state index contributed by atoms with van der Waals surface area (Å²) in [6, 6.07) is 7.61. The van der Waals surface area contributed by atoms with E-state index in [1.54, 1.807) is 5.32 Å². The van der Waals surface area contributed by atoms with Gasteiger partial charge in [-0.05, 0) is 25.1 Å². The minimum atomic E-state index is -5.43.